The van der Waals surface area contributed by atoms with E-state index in [0.717, 1.165) is 50.3 Å². The minimum Gasteiger partial charge on any atom is -0.496 e. The fourth-order valence-corrected chi connectivity index (χ4v) is 3.72. The number of piperidine rings is 1. The summed E-state index contributed by atoms with van der Waals surface area (Å²) in [5.41, 5.74) is 0.953. The number of rotatable bonds is 7. The molecule has 0 atom stereocenters. The number of hydrogen-bond donors (Lipinski definition) is 1. The summed E-state index contributed by atoms with van der Waals surface area (Å²) in [6.45, 7) is 6.34. The molecule has 9 heteroatoms. The smallest absolute Gasteiger partial charge is 0.250 e. The zero-order valence-corrected chi connectivity index (χ0v) is 18.9. The lowest BCUT2D eigenvalue weighted by Crippen LogP contribution is -2.35. The van der Waals surface area contributed by atoms with Gasteiger partial charge in [-0.15, -0.1) is 0 Å². The molecular formula is C20H26Cl3N5O. The summed E-state index contributed by atoms with van der Waals surface area (Å²) in [7, 11) is 1.63. The summed E-state index contributed by atoms with van der Waals surface area (Å²) in [6, 6.07) is 7.72. The minimum atomic E-state index is -1.72. The maximum absolute atomic E-state index is 6.07. The summed E-state index contributed by atoms with van der Waals surface area (Å²) < 4.78 is 3.70. The molecule has 1 aromatic heterocycles. The van der Waals surface area contributed by atoms with Gasteiger partial charge in [-0.25, -0.2) is 4.98 Å². The lowest BCUT2D eigenvalue weighted by molar-refractivity contribution is 0.198. The van der Waals surface area contributed by atoms with E-state index in [1.807, 2.05) is 24.3 Å². The third kappa shape index (κ3) is 6.32. The molecule has 0 aliphatic carbocycles. The van der Waals surface area contributed by atoms with E-state index >= 15 is 0 Å². The van der Waals surface area contributed by atoms with Gasteiger partial charge in [0.15, 0.2) is 5.82 Å². The van der Waals surface area contributed by atoms with Crippen LogP contribution in [0.2, 0.25) is 0 Å². The molecule has 1 aliphatic heterocycles. The van der Waals surface area contributed by atoms with Crippen molar-refractivity contribution in [3.05, 3.63) is 41.5 Å². The van der Waals surface area contributed by atoms with Crippen LogP contribution in [0, 0.1) is 5.92 Å². The van der Waals surface area contributed by atoms with Crippen LogP contribution in [-0.4, -0.2) is 53.1 Å². The summed E-state index contributed by atoms with van der Waals surface area (Å²) in [5.74, 6) is 2.41. The van der Waals surface area contributed by atoms with Crippen LogP contribution in [0.4, 0.5) is 5.95 Å². The first-order valence-corrected chi connectivity index (χ1v) is 10.9. The normalized spacial score (nSPS) is 16.0. The van der Waals surface area contributed by atoms with Crippen molar-refractivity contribution in [3.63, 3.8) is 0 Å². The van der Waals surface area contributed by atoms with Crippen molar-refractivity contribution in [3.8, 4) is 5.75 Å². The van der Waals surface area contributed by atoms with E-state index in [4.69, 9.17) is 39.5 Å². The average Bonchev–Trinajstić information content (AvgIpc) is 2.72. The van der Waals surface area contributed by atoms with E-state index in [-0.39, 0.29) is 5.82 Å². The Morgan fingerprint density at radius 3 is 2.52 bits per heavy atom. The highest BCUT2D eigenvalue weighted by Gasteiger charge is 2.28. The monoisotopic (exact) mass is 457 g/mol. The van der Waals surface area contributed by atoms with Crippen molar-refractivity contribution in [2.24, 2.45) is 5.92 Å². The SMILES string of the molecule is CCN1CCC(CNc2nc(Cc3ccccc3OC)nc(C(Cl)(Cl)Cl)n2)CC1. The lowest BCUT2D eigenvalue weighted by atomic mass is 9.97. The Morgan fingerprint density at radius 1 is 1.14 bits per heavy atom. The predicted molar refractivity (Wildman–Crippen MR) is 118 cm³/mol. The summed E-state index contributed by atoms with van der Waals surface area (Å²) >= 11 is 18.2. The molecule has 1 aliphatic rings. The second-order valence-electron chi connectivity index (χ2n) is 7.14. The van der Waals surface area contributed by atoms with Gasteiger partial charge in [-0.1, -0.05) is 59.9 Å². The van der Waals surface area contributed by atoms with Crippen molar-refractivity contribution < 1.29 is 4.74 Å². The number of likely N-dealkylation sites (tertiary alicyclic amines) is 1. The van der Waals surface area contributed by atoms with Crippen molar-refractivity contribution in [1.82, 2.24) is 19.9 Å². The standard InChI is InChI=1S/C20H26Cl3N5O/c1-3-28-10-8-14(9-11-28)13-24-19-26-17(25-18(27-19)20(21,22)23)12-15-6-4-5-7-16(15)29-2/h4-7,14H,3,8-13H2,1-2H3,(H,24,25,26,27). The molecular weight excluding hydrogens is 433 g/mol. The third-order valence-corrected chi connectivity index (χ3v) is 5.69. The third-order valence-electron chi connectivity index (χ3n) is 5.18. The summed E-state index contributed by atoms with van der Waals surface area (Å²) in [5, 5.41) is 3.33. The van der Waals surface area contributed by atoms with E-state index in [9.17, 15) is 0 Å². The Labute approximate surface area is 186 Å². The maximum atomic E-state index is 6.07. The Balaban J connectivity index is 1.75. The number of alkyl halides is 3. The van der Waals surface area contributed by atoms with Gasteiger partial charge in [0.25, 0.3) is 0 Å². The van der Waals surface area contributed by atoms with E-state index in [2.05, 4.69) is 32.1 Å². The summed E-state index contributed by atoms with van der Waals surface area (Å²) in [4.78, 5) is 15.7. The van der Waals surface area contributed by atoms with Crippen LogP contribution in [0.3, 0.4) is 0 Å². The largest absolute Gasteiger partial charge is 0.496 e. The highest BCUT2D eigenvalue weighted by atomic mass is 35.6. The Morgan fingerprint density at radius 2 is 1.86 bits per heavy atom. The van der Waals surface area contributed by atoms with Crippen LogP contribution < -0.4 is 10.1 Å². The van der Waals surface area contributed by atoms with Gasteiger partial charge >= 0.3 is 0 Å². The number of anilines is 1. The zero-order valence-electron chi connectivity index (χ0n) is 16.7. The number of halogens is 3. The minimum absolute atomic E-state index is 0.116. The van der Waals surface area contributed by atoms with Crippen LogP contribution in [0.1, 0.15) is 37.0 Å². The number of methoxy groups -OCH3 is 1. The van der Waals surface area contributed by atoms with Gasteiger partial charge in [-0.2, -0.15) is 9.97 Å². The number of benzene rings is 1. The summed E-state index contributed by atoms with van der Waals surface area (Å²) in [6.07, 6.45) is 2.75. The van der Waals surface area contributed by atoms with E-state index < -0.39 is 3.79 Å². The highest BCUT2D eigenvalue weighted by molar-refractivity contribution is 6.66. The Hall–Kier alpha value is -1.34. The highest BCUT2D eigenvalue weighted by Crippen LogP contribution is 2.36. The van der Waals surface area contributed by atoms with Crippen molar-refractivity contribution >= 4 is 40.8 Å². The molecule has 0 spiro atoms. The number of ether oxygens (including phenoxy) is 1. The number of nitrogens with one attached hydrogen (secondary N) is 1. The van der Waals surface area contributed by atoms with Crippen LogP contribution >= 0.6 is 34.8 Å². The lowest BCUT2D eigenvalue weighted by Gasteiger charge is -2.31. The molecule has 0 amide bonds. The quantitative estimate of drug-likeness (QED) is 0.619. The fraction of sp³-hybridized carbons (Fsp3) is 0.550. The van der Waals surface area contributed by atoms with Crippen molar-refractivity contribution in [2.75, 3.05) is 38.6 Å². The number of aromatic nitrogens is 3. The molecule has 3 rings (SSSR count). The fourth-order valence-electron chi connectivity index (χ4n) is 3.47. The first kappa shape index (κ1) is 22.3. The van der Waals surface area contributed by atoms with Gasteiger partial charge < -0.3 is 15.0 Å². The first-order valence-electron chi connectivity index (χ1n) is 9.79. The molecule has 1 N–H and O–H groups in total. The molecule has 0 saturated carbocycles. The second-order valence-corrected chi connectivity index (χ2v) is 9.43. The first-order chi connectivity index (χ1) is 13.9. The van der Waals surface area contributed by atoms with Gasteiger partial charge in [0.05, 0.1) is 7.11 Å². The number of nitrogens with zero attached hydrogens (tertiary/aromatic N) is 4. The van der Waals surface area contributed by atoms with Crippen molar-refractivity contribution in [1.29, 1.82) is 0 Å². The molecule has 0 bridgehead atoms. The zero-order chi connectivity index (χ0) is 20.9. The number of para-hydroxylation sites is 1. The Kier molecular flexibility index (Phi) is 7.79. The van der Waals surface area contributed by atoms with E-state index in [1.54, 1.807) is 7.11 Å². The Bertz CT molecular complexity index is 807. The molecule has 0 unspecified atom stereocenters. The van der Waals surface area contributed by atoms with E-state index in [0.29, 0.717) is 24.1 Å². The maximum Gasteiger partial charge on any atom is 0.250 e. The van der Waals surface area contributed by atoms with Crippen LogP contribution in [0.25, 0.3) is 0 Å². The van der Waals surface area contributed by atoms with Gasteiger partial charge in [0.2, 0.25) is 9.74 Å². The predicted octanol–water partition coefficient (Wildman–Crippen LogP) is 4.44. The number of hydrogen-bond acceptors (Lipinski definition) is 6. The average molecular weight is 459 g/mol. The topological polar surface area (TPSA) is 63.2 Å². The van der Waals surface area contributed by atoms with Gasteiger partial charge in [0.1, 0.15) is 11.6 Å². The van der Waals surface area contributed by atoms with E-state index in [1.165, 1.54) is 0 Å². The molecule has 1 aromatic carbocycles. The molecule has 1 saturated heterocycles. The second kappa shape index (κ2) is 10.1. The molecule has 6 nitrogen and oxygen atoms in total. The van der Waals surface area contributed by atoms with Crippen LogP contribution in [0.5, 0.6) is 5.75 Å². The van der Waals surface area contributed by atoms with Crippen LogP contribution in [0.15, 0.2) is 24.3 Å². The van der Waals surface area contributed by atoms with Gasteiger partial charge in [-0.05, 0) is 44.5 Å². The van der Waals surface area contributed by atoms with Crippen molar-refractivity contribution in [2.45, 2.75) is 30.0 Å². The molecule has 2 aromatic rings. The molecule has 29 heavy (non-hydrogen) atoms. The van der Waals surface area contributed by atoms with Gasteiger partial charge in [0, 0.05) is 18.5 Å². The molecule has 0 radical (unpaired) electrons. The molecule has 2 heterocycles. The van der Waals surface area contributed by atoms with Gasteiger partial charge in [-0.3, -0.25) is 0 Å². The van der Waals surface area contributed by atoms with Crippen LogP contribution in [-0.2, 0) is 10.2 Å². The molecule has 1 fully saturated rings. The molecule has 158 valence electrons.